The highest BCUT2D eigenvalue weighted by molar-refractivity contribution is 6.51. The highest BCUT2D eigenvalue weighted by atomic mass is 16.5. The van der Waals surface area contributed by atoms with Crippen molar-refractivity contribution in [2.24, 2.45) is 0 Å². The van der Waals surface area contributed by atoms with Gasteiger partial charge in [-0.3, -0.25) is 14.5 Å². The number of aliphatic hydroxyl groups is 1. The van der Waals surface area contributed by atoms with Crippen LogP contribution in [0.5, 0.6) is 5.75 Å². The lowest BCUT2D eigenvalue weighted by Crippen LogP contribution is -2.30. The van der Waals surface area contributed by atoms with Gasteiger partial charge in [0.05, 0.1) is 11.6 Å². The quantitative estimate of drug-likeness (QED) is 0.148. The predicted molar refractivity (Wildman–Crippen MR) is 166 cm³/mol. The van der Waals surface area contributed by atoms with Crippen LogP contribution in [0.4, 0.5) is 11.4 Å². The number of carbonyl (C=O) groups is 2. The van der Waals surface area contributed by atoms with Crippen LogP contribution in [0, 0.1) is 6.92 Å². The van der Waals surface area contributed by atoms with Gasteiger partial charge in [-0.15, -0.1) is 0 Å². The number of Topliss-reactive ketones (excluding diaryl/α,β-unsaturated/α-hetero) is 1. The molecule has 0 aliphatic carbocycles. The van der Waals surface area contributed by atoms with Crippen LogP contribution in [-0.2, 0) is 16.2 Å². The van der Waals surface area contributed by atoms with Gasteiger partial charge in [-0.2, -0.15) is 0 Å². The Kier molecular flexibility index (Phi) is 7.78. The van der Waals surface area contributed by atoms with Crippen molar-refractivity contribution in [1.82, 2.24) is 0 Å². The van der Waals surface area contributed by atoms with Gasteiger partial charge in [0.1, 0.15) is 18.1 Å². The van der Waals surface area contributed by atoms with Crippen LogP contribution in [0.1, 0.15) is 47.6 Å². The summed E-state index contributed by atoms with van der Waals surface area (Å²) in [5, 5.41) is 11.6. The Hall–Kier alpha value is -4.84. The number of ether oxygens (including phenoxy) is 1. The van der Waals surface area contributed by atoms with Crippen molar-refractivity contribution < 1.29 is 19.4 Å². The first-order chi connectivity index (χ1) is 20.5. The third-order valence-corrected chi connectivity index (χ3v) is 8.09. The minimum Gasteiger partial charge on any atom is -0.507 e. The Bertz CT molecular complexity index is 1610. The zero-order valence-corrected chi connectivity index (χ0v) is 23.7. The minimum absolute atomic E-state index is 0.0728. The topological polar surface area (TPSA) is 70.1 Å². The fourth-order valence-electron chi connectivity index (χ4n) is 5.88. The molecule has 1 unspecified atom stereocenters. The van der Waals surface area contributed by atoms with Crippen molar-refractivity contribution in [3.8, 4) is 5.75 Å². The smallest absolute Gasteiger partial charge is 0.300 e. The first-order valence-corrected chi connectivity index (χ1v) is 14.5. The number of aryl methyl sites for hydroxylation is 1. The van der Waals surface area contributed by atoms with Crippen LogP contribution >= 0.6 is 0 Å². The van der Waals surface area contributed by atoms with Gasteiger partial charge in [0.25, 0.3) is 11.7 Å². The van der Waals surface area contributed by atoms with E-state index in [9.17, 15) is 14.7 Å². The molecule has 6 heteroatoms. The van der Waals surface area contributed by atoms with Crippen molar-refractivity contribution >= 4 is 28.8 Å². The van der Waals surface area contributed by atoms with E-state index in [-0.39, 0.29) is 11.3 Å². The first kappa shape index (κ1) is 27.3. The molecule has 2 heterocycles. The molecule has 1 N–H and O–H groups in total. The van der Waals surface area contributed by atoms with Gasteiger partial charge in [0.2, 0.25) is 0 Å². The third kappa shape index (κ3) is 5.40. The fraction of sp³-hybridized carbons (Fsp3) is 0.222. The molecule has 0 aromatic heterocycles. The number of ketones is 1. The maximum Gasteiger partial charge on any atom is 0.300 e. The normalized spacial score (nSPS) is 18.4. The Morgan fingerprint density at radius 1 is 0.810 bits per heavy atom. The Morgan fingerprint density at radius 3 is 2.12 bits per heavy atom. The van der Waals surface area contributed by atoms with E-state index >= 15 is 0 Å². The van der Waals surface area contributed by atoms with Gasteiger partial charge in [-0.25, -0.2) is 0 Å². The number of carbonyl (C=O) groups excluding carboxylic acids is 2. The second kappa shape index (κ2) is 12.0. The number of nitrogens with zero attached hydrogens (tertiary/aromatic N) is 2. The highest BCUT2D eigenvalue weighted by Crippen LogP contribution is 2.43. The van der Waals surface area contributed by atoms with Crippen LogP contribution in [0.2, 0.25) is 0 Å². The summed E-state index contributed by atoms with van der Waals surface area (Å²) < 4.78 is 6.01. The summed E-state index contributed by atoms with van der Waals surface area (Å²) in [5.41, 5.74) is 4.87. The van der Waals surface area contributed by atoms with E-state index in [4.69, 9.17) is 4.74 Å². The van der Waals surface area contributed by atoms with Crippen LogP contribution in [0.15, 0.2) is 109 Å². The molecule has 6 nitrogen and oxygen atoms in total. The van der Waals surface area contributed by atoms with Crippen LogP contribution in [0.25, 0.3) is 5.76 Å². The molecule has 2 aliphatic heterocycles. The third-order valence-electron chi connectivity index (χ3n) is 8.09. The monoisotopic (exact) mass is 558 g/mol. The lowest BCUT2D eigenvalue weighted by atomic mass is 9.94. The number of benzene rings is 4. The zero-order valence-electron chi connectivity index (χ0n) is 23.7. The molecule has 42 heavy (non-hydrogen) atoms. The lowest BCUT2D eigenvalue weighted by molar-refractivity contribution is -0.132. The molecule has 4 aromatic carbocycles. The van der Waals surface area contributed by atoms with Crippen LogP contribution in [-0.4, -0.2) is 29.9 Å². The first-order valence-electron chi connectivity index (χ1n) is 14.5. The molecule has 1 amide bonds. The average molecular weight is 559 g/mol. The molecule has 4 aromatic rings. The summed E-state index contributed by atoms with van der Waals surface area (Å²) in [5.74, 6) is -0.879. The van der Waals surface area contributed by atoms with E-state index in [1.807, 2.05) is 91.9 Å². The highest BCUT2D eigenvalue weighted by Gasteiger charge is 2.47. The van der Waals surface area contributed by atoms with E-state index in [0.29, 0.717) is 23.6 Å². The van der Waals surface area contributed by atoms with Gasteiger partial charge < -0.3 is 14.7 Å². The van der Waals surface area contributed by atoms with E-state index in [1.54, 1.807) is 18.2 Å². The summed E-state index contributed by atoms with van der Waals surface area (Å²) in [6, 6.07) is 31.7. The summed E-state index contributed by atoms with van der Waals surface area (Å²) >= 11 is 0. The van der Waals surface area contributed by atoms with Crippen molar-refractivity contribution in [2.45, 2.75) is 38.8 Å². The lowest BCUT2D eigenvalue weighted by Gasteiger charge is -2.30. The van der Waals surface area contributed by atoms with Gasteiger partial charge >= 0.3 is 0 Å². The molecule has 0 radical (unpaired) electrons. The average Bonchev–Trinajstić information content (AvgIpc) is 3.31. The Labute approximate surface area is 246 Å². The van der Waals surface area contributed by atoms with Crippen molar-refractivity contribution in [3.63, 3.8) is 0 Å². The molecular weight excluding hydrogens is 524 g/mol. The standard InChI is InChI=1S/C36H34N2O4/c1-25-23-28(15-20-31(25)42-24-26-11-5-2-6-12-26)34(39)32-33(27-13-7-3-8-14-27)38(36(41)35(32)40)30-18-16-29(17-19-30)37-21-9-4-10-22-37/h2-3,5-8,11-20,23,33,39H,4,9-10,21-22,24H2,1H3/b34-32-. The molecule has 1 atom stereocenters. The summed E-state index contributed by atoms with van der Waals surface area (Å²) in [6.07, 6.45) is 3.59. The molecule has 6 rings (SSSR count). The Balaban J connectivity index is 1.34. The molecular formula is C36H34N2O4. The number of piperidine rings is 1. The van der Waals surface area contributed by atoms with Crippen LogP contribution < -0.4 is 14.5 Å². The number of amides is 1. The summed E-state index contributed by atoms with van der Waals surface area (Å²) in [7, 11) is 0. The molecule has 212 valence electrons. The van der Waals surface area contributed by atoms with Crippen molar-refractivity contribution in [3.05, 3.63) is 131 Å². The second-order valence-corrected chi connectivity index (χ2v) is 10.9. The van der Waals surface area contributed by atoms with Crippen molar-refractivity contribution in [1.29, 1.82) is 0 Å². The second-order valence-electron chi connectivity index (χ2n) is 10.9. The maximum atomic E-state index is 13.6. The van der Waals surface area contributed by atoms with Gasteiger partial charge in [0, 0.05) is 30.0 Å². The van der Waals surface area contributed by atoms with E-state index in [1.165, 1.54) is 24.2 Å². The molecule has 2 aliphatic rings. The van der Waals surface area contributed by atoms with Crippen molar-refractivity contribution in [2.75, 3.05) is 22.9 Å². The zero-order chi connectivity index (χ0) is 29.1. The number of hydrogen-bond acceptors (Lipinski definition) is 5. The predicted octanol–water partition coefficient (Wildman–Crippen LogP) is 7.19. The number of hydrogen-bond donors (Lipinski definition) is 1. The molecule has 2 saturated heterocycles. The van der Waals surface area contributed by atoms with Crippen LogP contribution in [0.3, 0.4) is 0 Å². The number of anilines is 2. The summed E-state index contributed by atoms with van der Waals surface area (Å²) in [6.45, 7) is 4.35. The molecule has 0 spiro atoms. The largest absolute Gasteiger partial charge is 0.507 e. The van der Waals surface area contributed by atoms with Gasteiger partial charge in [-0.1, -0.05) is 60.7 Å². The molecule has 0 saturated carbocycles. The number of aliphatic hydroxyl groups excluding tert-OH is 1. The van der Waals surface area contributed by atoms with E-state index in [0.717, 1.165) is 35.5 Å². The van der Waals surface area contributed by atoms with Gasteiger partial charge in [-0.05, 0) is 85.3 Å². The SMILES string of the molecule is Cc1cc(/C(O)=C2/C(=O)C(=O)N(c3ccc(N4CCCCC4)cc3)C2c2ccccc2)ccc1OCc1ccccc1. The van der Waals surface area contributed by atoms with Gasteiger partial charge in [0.15, 0.2) is 0 Å². The molecule has 0 bridgehead atoms. The minimum atomic E-state index is -0.763. The number of rotatable bonds is 7. The van der Waals surface area contributed by atoms with E-state index < -0.39 is 17.7 Å². The maximum absolute atomic E-state index is 13.6. The summed E-state index contributed by atoms with van der Waals surface area (Å²) in [4.78, 5) is 31.0. The Morgan fingerprint density at radius 2 is 1.45 bits per heavy atom. The van der Waals surface area contributed by atoms with E-state index in [2.05, 4.69) is 4.90 Å². The molecule has 2 fully saturated rings. The fourth-order valence-corrected chi connectivity index (χ4v) is 5.88.